The van der Waals surface area contributed by atoms with Crippen LogP contribution in [0.1, 0.15) is 45.4 Å². The van der Waals surface area contributed by atoms with Gasteiger partial charge in [0.25, 0.3) is 0 Å². The monoisotopic (exact) mass is 235 g/mol. The lowest BCUT2D eigenvalue weighted by molar-refractivity contribution is -0.122. The second kappa shape index (κ2) is 5.43. The third-order valence-electron chi connectivity index (χ3n) is 3.90. The molecule has 0 N–H and O–H groups in total. The number of aromatic nitrogens is 3. The predicted molar refractivity (Wildman–Crippen MR) is 65.5 cm³/mol. The van der Waals surface area contributed by atoms with Crippen molar-refractivity contribution in [1.29, 1.82) is 0 Å². The maximum absolute atomic E-state index is 12.2. The van der Waals surface area contributed by atoms with E-state index in [0.29, 0.717) is 12.2 Å². The van der Waals surface area contributed by atoms with Gasteiger partial charge in [-0.15, -0.1) is 0 Å². The molecular weight excluding hydrogens is 214 g/mol. The Morgan fingerprint density at radius 3 is 2.94 bits per heavy atom. The largest absolute Gasteiger partial charge is 0.299 e. The summed E-state index contributed by atoms with van der Waals surface area (Å²) in [7, 11) is 0. The van der Waals surface area contributed by atoms with E-state index >= 15 is 0 Å². The van der Waals surface area contributed by atoms with Crippen LogP contribution in [0.3, 0.4) is 0 Å². The van der Waals surface area contributed by atoms with E-state index in [9.17, 15) is 4.79 Å². The zero-order valence-corrected chi connectivity index (χ0v) is 10.7. The first-order valence-corrected chi connectivity index (χ1v) is 6.64. The van der Waals surface area contributed by atoms with Crippen LogP contribution in [0.15, 0.2) is 6.33 Å². The van der Waals surface area contributed by atoms with E-state index in [1.807, 2.05) is 11.6 Å². The van der Waals surface area contributed by atoms with Crippen LogP contribution in [0.5, 0.6) is 0 Å². The Kier molecular flexibility index (Phi) is 3.92. The van der Waals surface area contributed by atoms with Crippen LogP contribution in [-0.2, 0) is 17.8 Å². The minimum Gasteiger partial charge on any atom is -0.299 e. The van der Waals surface area contributed by atoms with Gasteiger partial charge in [-0.2, -0.15) is 5.10 Å². The maximum atomic E-state index is 12.2. The fourth-order valence-electron chi connectivity index (χ4n) is 2.73. The van der Waals surface area contributed by atoms with Gasteiger partial charge in [0.05, 0.1) is 6.42 Å². The molecule has 0 radical (unpaired) electrons. The molecule has 1 aromatic rings. The second-order valence-electron chi connectivity index (χ2n) is 4.92. The van der Waals surface area contributed by atoms with Crippen molar-refractivity contribution >= 4 is 5.78 Å². The molecule has 4 heteroatoms. The average molecular weight is 235 g/mol. The molecule has 1 heterocycles. The Balaban J connectivity index is 1.93. The third kappa shape index (κ3) is 2.73. The standard InChI is InChI=1S/C13H21N3O/c1-3-10-5-6-11(7-10)12(17)8-13-14-9-15-16(13)4-2/h9-11H,3-8H2,1-2H3. The Morgan fingerprint density at radius 1 is 1.47 bits per heavy atom. The molecule has 1 saturated carbocycles. The Bertz CT molecular complexity index is 386. The zero-order chi connectivity index (χ0) is 12.3. The fraction of sp³-hybridized carbons (Fsp3) is 0.769. The Labute approximate surface area is 102 Å². The molecule has 17 heavy (non-hydrogen) atoms. The number of carbonyl (C=O) groups excluding carboxylic acids is 1. The summed E-state index contributed by atoms with van der Waals surface area (Å²) < 4.78 is 1.81. The lowest BCUT2D eigenvalue weighted by Gasteiger charge is -2.09. The molecule has 94 valence electrons. The highest BCUT2D eigenvalue weighted by Gasteiger charge is 2.29. The van der Waals surface area contributed by atoms with Gasteiger partial charge in [0.1, 0.15) is 17.9 Å². The summed E-state index contributed by atoms with van der Waals surface area (Å²) >= 11 is 0. The molecule has 1 aliphatic rings. The molecular formula is C13H21N3O. The van der Waals surface area contributed by atoms with Gasteiger partial charge >= 0.3 is 0 Å². The molecule has 0 amide bonds. The number of rotatable bonds is 5. The molecule has 4 nitrogen and oxygen atoms in total. The number of nitrogens with zero attached hydrogens (tertiary/aromatic N) is 3. The Hall–Kier alpha value is -1.19. The lowest BCUT2D eigenvalue weighted by Crippen LogP contribution is -2.17. The Morgan fingerprint density at radius 2 is 2.29 bits per heavy atom. The van der Waals surface area contributed by atoms with Gasteiger partial charge in [-0.25, -0.2) is 9.67 Å². The molecule has 0 saturated heterocycles. The van der Waals surface area contributed by atoms with Gasteiger partial charge in [-0.05, 0) is 32.1 Å². The lowest BCUT2D eigenvalue weighted by atomic mass is 9.97. The van der Waals surface area contributed by atoms with E-state index in [-0.39, 0.29) is 5.92 Å². The zero-order valence-electron chi connectivity index (χ0n) is 10.7. The van der Waals surface area contributed by atoms with Gasteiger partial charge in [0.15, 0.2) is 0 Å². The molecule has 1 aliphatic carbocycles. The van der Waals surface area contributed by atoms with Crippen LogP contribution < -0.4 is 0 Å². The van der Waals surface area contributed by atoms with E-state index in [0.717, 1.165) is 31.1 Å². The van der Waals surface area contributed by atoms with Crippen LogP contribution in [0, 0.1) is 11.8 Å². The quantitative estimate of drug-likeness (QED) is 0.786. The molecule has 2 atom stereocenters. The highest BCUT2D eigenvalue weighted by atomic mass is 16.1. The van der Waals surface area contributed by atoms with Crippen molar-refractivity contribution < 1.29 is 4.79 Å². The predicted octanol–water partition coefficient (Wildman–Crippen LogP) is 2.24. The number of ketones is 1. The number of hydrogen-bond acceptors (Lipinski definition) is 3. The molecule has 2 rings (SSSR count). The highest BCUT2D eigenvalue weighted by molar-refractivity contribution is 5.82. The summed E-state index contributed by atoms with van der Waals surface area (Å²) in [5, 5.41) is 4.10. The molecule has 2 unspecified atom stereocenters. The van der Waals surface area contributed by atoms with E-state index in [1.165, 1.54) is 19.2 Å². The van der Waals surface area contributed by atoms with Gasteiger partial charge in [0.2, 0.25) is 0 Å². The van der Waals surface area contributed by atoms with E-state index in [1.54, 1.807) is 0 Å². The molecule has 0 aliphatic heterocycles. The van der Waals surface area contributed by atoms with Crippen LogP contribution in [0.4, 0.5) is 0 Å². The minimum absolute atomic E-state index is 0.266. The van der Waals surface area contributed by atoms with E-state index in [2.05, 4.69) is 17.0 Å². The van der Waals surface area contributed by atoms with Crippen LogP contribution in [-0.4, -0.2) is 20.5 Å². The molecule has 1 aromatic heterocycles. The van der Waals surface area contributed by atoms with Crippen LogP contribution in [0.25, 0.3) is 0 Å². The summed E-state index contributed by atoms with van der Waals surface area (Å²) in [6.07, 6.45) is 6.56. The summed E-state index contributed by atoms with van der Waals surface area (Å²) in [6, 6.07) is 0. The van der Waals surface area contributed by atoms with E-state index < -0.39 is 0 Å². The van der Waals surface area contributed by atoms with Crippen molar-refractivity contribution in [3.63, 3.8) is 0 Å². The van der Waals surface area contributed by atoms with Crippen molar-refractivity contribution in [2.24, 2.45) is 11.8 Å². The third-order valence-corrected chi connectivity index (χ3v) is 3.90. The summed E-state index contributed by atoms with van der Waals surface area (Å²) in [5.74, 6) is 2.19. The molecule has 0 bridgehead atoms. The van der Waals surface area contributed by atoms with Crippen molar-refractivity contribution in [1.82, 2.24) is 14.8 Å². The van der Waals surface area contributed by atoms with Gasteiger partial charge < -0.3 is 0 Å². The van der Waals surface area contributed by atoms with E-state index in [4.69, 9.17) is 0 Å². The van der Waals surface area contributed by atoms with Gasteiger partial charge in [0, 0.05) is 12.5 Å². The SMILES string of the molecule is CCC1CCC(C(=O)Cc2ncnn2CC)C1. The van der Waals surface area contributed by atoms with Crippen LogP contribution in [0.2, 0.25) is 0 Å². The number of Topliss-reactive ketones (excluding diaryl/α,β-unsaturated/α-hetero) is 1. The first-order chi connectivity index (χ1) is 8.24. The molecule has 0 spiro atoms. The van der Waals surface area contributed by atoms with Crippen LogP contribution >= 0.6 is 0 Å². The molecule has 1 fully saturated rings. The van der Waals surface area contributed by atoms with Crippen molar-refractivity contribution in [3.05, 3.63) is 12.2 Å². The first-order valence-electron chi connectivity index (χ1n) is 6.64. The van der Waals surface area contributed by atoms with Gasteiger partial charge in [-0.1, -0.05) is 13.3 Å². The summed E-state index contributed by atoms with van der Waals surface area (Å²) in [5.41, 5.74) is 0. The number of hydrogen-bond donors (Lipinski definition) is 0. The maximum Gasteiger partial charge on any atom is 0.143 e. The number of aryl methyl sites for hydroxylation is 1. The smallest absolute Gasteiger partial charge is 0.143 e. The van der Waals surface area contributed by atoms with Gasteiger partial charge in [-0.3, -0.25) is 4.79 Å². The first kappa shape index (κ1) is 12.3. The van der Waals surface area contributed by atoms with Crippen molar-refractivity contribution in [2.75, 3.05) is 0 Å². The average Bonchev–Trinajstić information content (AvgIpc) is 2.96. The topological polar surface area (TPSA) is 47.8 Å². The van der Waals surface area contributed by atoms with Crippen molar-refractivity contribution in [2.45, 2.75) is 52.5 Å². The number of carbonyl (C=O) groups is 1. The summed E-state index contributed by atoms with van der Waals surface area (Å²) in [4.78, 5) is 16.3. The minimum atomic E-state index is 0.266. The second-order valence-corrected chi connectivity index (χ2v) is 4.92. The molecule has 0 aromatic carbocycles. The van der Waals surface area contributed by atoms with Crippen molar-refractivity contribution in [3.8, 4) is 0 Å². The summed E-state index contributed by atoms with van der Waals surface area (Å²) in [6.45, 7) is 5.02. The fourth-order valence-corrected chi connectivity index (χ4v) is 2.73. The highest BCUT2D eigenvalue weighted by Crippen LogP contribution is 2.33. The normalized spacial score (nSPS) is 24.1.